The average molecular weight is 269 g/mol. The van der Waals surface area contributed by atoms with Gasteiger partial charge in [-0.2, -0.15) is 0 Å². The van der Waals surface area contributed by atoms with Gasteiger partial charge in [0.2, 0.25) is 0 Å². The summed E-state index contributed by atoms with van der Waals surface area (Å²) < 4.78 is 2.42. The molecular formula is C19H27N. The van der Waals surface area contributed by atoms with Crippen molar-refractivity contribution in [2.45, 2.75) is 47.6 Å². The van der Waals surface area contributed by atoms with Gasteiger partial charge in [-0.1, -0.05) is 71.0 Å². The summed E-state index contributed by atoms with van der Waals surface area (Å²) in [7, 11) is 0. The fraction of sp³-hybridized carbons (Fsp3) is 0.368. The third kappa shape index (κ3) is 3.04. The maximum absolute atomic E-state index is 2.42. The Morgan fingerprint density at radius 2 is 1.10 bits per heavy atom. The molecule has 0 atom stereocenters. The van der Waals surface area contributed by atoms with E-state index in [1.807, 2.05) is 27.7 Å². The second-order valence-electron chi connectivity index (χ2n) is 4.19. The number of hydrogen-bond acceptors (Lipinski definition) is 0. The number of rotatable bonds is 2. The van der Waals surface area contributed by atoms with E-state index in [1.165, 1.54) is 28.2 Å². The van der Waals surface area contributed by atoms with E-state index in [0.717, 1.165) is 6.54 Å². The molecule has 1 heteroatoms. The molecule has 20 heavy (non-hydrogen) atoms. The van der Waals surface area contributed by atoms with Crippen LogP contribution in [0.1, 0.15) is 41.0 Å². The largest absolute Gasteiger partial charge is 0.340 e. The van der Waals surface area contributed by atoms with Crippen LogP contribution in [0.2, 0.25) is 0 Å². The van der Waals surface area contributed by atoms with Crippen LogP contribution >= 0.6 is 0 Å². The molecule has 0 radical (unpaired) electrons. The number of fused-ring (bicyclic) bond motifs is 3. The maximum Gasteiger partial charge on any atom is 0.0491 e. The summed E-state index contributed by atoms with van der Waals surface area (Å²) in [5.74, 6) is 0. The molecule has 1 aromatic heterocycles. The third-order valence-electron chi connectivity index (χ3n) is 3.13. The minimum absolute atomic E-state index is 1.09. The van der Waals surface area contributed by atoms with Crippen molar-refractivity contribution >= 4 is 21.8 Å². The molecule has 0 N–H and O–H groups in total. The van der Waals surface area contributed by atoms with Crippen LogP contribution in [0.15, 0.2) is 48.5 Å². The number of hydrogen-bond donors (Lipinski definition) is 0. The molecule has 0 saturated heterocycles. The first-order valence-electron chi connectivity index (χ1n) is 7.88. The molecule has 0 unspecified atom stereocenters. The van der Waals surface area contributed by atoms with E-state index in [1.54, 1.807) is 0 Å². The molecule has 0 bridgehead atoms. The van der Waals surface area contributed by atoms with Gasteiger partial charge in [-0.15, -0.1) is 0 Å². The molecule has 0 spiro atoms. The van der Waals surface area contributed by atoms with Gasteiger partial charge in [0.1, 0.15) is 0 Å². The van der Waals surface area contributed by atoms with Crippen LogP contribution in [-0.4, -0.2) is 4.57 Å². The topological polar surface area (TPSA) is 4.93 Å². The van der Waals surface area contributed by atoms with E-state index in [4.69, 9.17) is 0 Å². The number of nitrogens with zero attached hydrogens (tertiary/aromatic N) is 1. The van der Waals surface area contributed by atoms with Crippen molar-refractivity contribution < 1.29 is 0 Å². The third-order valence-corrected chi connectivity index (χ3v) is 3.13. The van der Waals surface area contributed by atoms with Crippen LogP contribution in [-0.2, 0) is 6.54 Å². The first kappa shape index (κ1) is 16.3. The van der Waals surface area contributed by atoms with Gasteiger partial charge in [0.05, 0.1) is 0 Å². The lowest BCUT2D eigenvalue weighted by molar-refractivity contribution is 0.724. The zero-order chi connectivity index (χ0) is 15.0. The highest BCUT2D eigenvalue weighted by atomic mass is 15.0. The van der Waals surface area contributed by atoms with Gasteiger partial charge in [0.15, 0.2) is 0 Å². The Morgan fingerprint density at radius 3 is 1.50 bits per heavy atom. The van der Waals surface area contributed by atoms with Gasteiger partial charge in [-0.05, 0) is 18.6 Å². The predicted octanol–water partition coefficient (Wildman–Crippen LogP) is 6.26. The Kier molecular flexibility index (Phi) is 6.86. The van der Waals surface area contributed by atoms with Gasteiger partial charge in [-0.3, -0.25) is 0 Å². The Balaban J connectivity index is 0.000000461. The van der Waals surface area contributed by atoms with Crippen molar-refractivity contribution in [2.24, 2.45) is 0 Å². The minimum Gasteiger partial charge on any atom is -0.340 e. The second-order valence-corrected chi connectivity index (χ2v) is 4.19. The normalized spacial score (nSPS) is 9.65. The van der Waals surface area contributed by atoms with Crippen LogP contribution in [0.5, 0.6) is 0 Å². The van der Waals surface area contributed by atoms with Gasteiger partial charge < -0.3 is 4.57 Å². The van der Waals surface area contributed by atoms with Crippen molar-refractivity contribution in [1.82, 2.24) is 4.57 Å². The standard InChI is InChI=1S/C15H15N.2C2H6/c1-2-11-16-14-9-5-3-7-12(14)13-8-4-6-10-15(13)16;2*1-2/h3-10H,2,11H2,1H3;2*1-2H3. The fourth-order valence-electron chi connectivity index (χ4n) is 2.47. The quantitative estimate of drug-likeness (QED) is 0.517. The van der Waals surface area contributed by atoms with Gasteiger partial charge in [0, 0.05) is 28.4 Å². The van der Waals surface area contributed by atoms with E-state index < -0.39 is 0 Å². The zero-order valence-corrected chi connectivity index (χ0v) is 13.5. The molecule has 0 aliphatic heterocycles. The van der Waals surface area contributed by atoms with E-state index in [2.05, 4.69) is 60.0 Å². The van der Waals surface area contributed by atoms with E-state index >= 15 is 0 Å². The highest BCUT2D eigenvalue weighted by Crippen LogP contribution is 2.28. The Morgan fingerprint density at radius 1 is 0.700 bits per heavy atom. The van der Waals surface area contributed by atoms with Crippen molar-refractivity contribution in [3.8, 4) is 0 Å². The molecule has 0 aliphatic rings. The lowest BCUT2D eigenvalue weighted by atomic mass is 10.2. The number of benzene rings is 2. The number of aryl methyl sites for hydroxylation is 1. The summed E-state index contributed by atoms with van der Waals surface area (Å²) >= 11 is 0. The van der Waals surface area contributed by atoms with E-state index in [-0.39, 0.29) is 0 Å². The molecule has 0 fully saturated rings. The lowest BCUT2D eigenvalue weighted by Gasteiger charge is -2.04. The molecule has 108 valence electrons. The van der Waals surface area contributed by atoms with Crippen molar-refractivity contribution in [3.63, 3.8) is 0 Å². The summed E-state index contributed by atoms with van der Waals surface area (Å²) in [6.07, 6.45) is 1.17. The van der Waals surface area contributed by atoms with Gasteiger partial charge >= 0.3 is 0 Å². The number of para-hydroxylation sites is 2. The average Bonchev–Trinajstić information content (AvgIpc) is 2.87. The Bertz CT molecular complexity index is 581. The first-order valence-corrected chi connectivity index (χ1v) is 7.88. The van der Waals surface area contributed by atoms with Crippen molar-refractivity contribution in [3.05, 3.63) is 48.5 Å². The molecule has 0 aliphatic carbocycles. The van der Waals surface area contributed by atoms with Gasteiger partial charge in [0.25, 0.3) is 0 Å². The molecule has 1 heterocycles. The Hall–Kier alpha value is -1.76. The summed E-state index contributed by atoms with van der Waals surface area (Å²) in [5, 5.41) is 2.73. The molecule has 2 aromatic carbocycles. The first-order chi connectivity index (χ1) is 9.92. The highest BCUT2D eigenvalue weighted by molar-refractivity contribution is 6.07. The van der Waals surface area contributed by atoms with Crippen LogP contribution in [0, 0.1) is 0 Å². The molecule has 1 nitrogen and oxygen atoms in total. The van der Waals surface area contributed by atoms with Crippen LogP contribution < -0.4 is 0 Å². The van der Waals surface area contributed by atoms with Crippen LogP contribution in [0.3, 0.4) is 0 Å². The summed E-state index contributed by atoms with van der Waals surface area (Å²) in [6.45, 7) is 11.3. The molecule has 0 amide bonds. The molecular weight excluding hydrogens is 242 g/mol. The maximum atomic E-state index is 2.42. The smallest absolute Gasteiger partial charge is 0.0491 e. The van der Waals surface area contributed by atoms with E-state index in [9.17, 15) is 0 Å². The van der Waals surface area contributed by atoms with E-state index in [0.29, 0.717) is 0 Å². The summed E-state index contributed by atoms with van der Waals surface area (Å²) in [4.78, 5) is 0. The number of aromatic nitrogens is 1. The van der Waals surface area contributed by atoms with Gasteiger partial charge in [-0.25, -0.2) is 0 Å². The predicted molar refractivity (Wildman–Crippen MR) is 92.4 cm³/mol. The monoisotopic (exact) mass is 269 g/mol. The minimum atomic E-state index is 1.09. The highest BCUT2D eigenvalue weighted by Gasteiger charge is 2.07. The van der Waals surface area contributed by atoms with Crippen molar-refractivity contribution in [1.29, 1.82) is 0 Å². The van der Waals surface area contributed by atoms with Crippen LogP contribution in [0.4, 0.5) is 0 Å². The molecule has 3 rings (SSSR count). The molecule has 0 saturated carbocycles. The second kappa shape index (κ2) is 8.42. The zero-order valence-electron chi connectivity index (χ0n) is 13.5. The Labute approximate surface area is 123 Å². The molecule has 3 aromatic rings. The van der Waals surface area contributed by atoms with Crippen molar-refractivity contribution in [2.75, 3.05) is 0 Å². The SMILES string of the molecule is CC.CC.CCCn1c2ccccc2c2ccccc21. The summed E-state index contributed by atoms with van der Waals surface area (Å²) in [5.41, 5.74) is 2.70. The lowest BCUT2D eigenvalue weighted by Crippen LogP contribution is -1.95. The fourth-order valence-corrected chi connectivity index (χ4v) is 2.47. The summed E-state index contributed by atoms with van der Waals surface area (Å²) in [6, 6.07) is 17.3. The van der Waals surface area contributed by atoms with Crippen LogP contribution in [0.25, 0.3) is 21.8 Å².